The summed E-state index contributed by atoms with van der Waals surface area (Å²) in [5, 5.41) is 6.91. The number of furan rings is 2. The van der Waals surface area contributed by atoms with Crippen molar-refractivity contribution in [1.82, 2.24) is 0 Å². The Morgan fingerprint density at radius 3 is 1.40 bits per heavy atom. The first-order valence-corrected chi connectivity index (χ1v) is 26.7. The molecule has 13 aromatic rings. The molecule has 4 nitrogen and oxygen atoms in total. The van der Waals surface area contributed by atoms with Crippen LogP contribution in [0.15, 0.2) is 256 Å². The fourth-order valence-corrected chi connectivity index (χ4v) is 13.6. The van der Waals surface area contributed by atoms with Crippen LogP contribution in [0.1, 0.15) is 33.7 Å². The summed E-state index contributed by atoms with van der Waals surface area (Å²) in [6.07, 6.45) is 2.54. The van der Waals surface area contributed by atoms with Gasteiger partial charge in [-0.3, -0.25) is 0 Å². The summed E-state index contributed by atoms with van der Waals surface area (Å²) in [5.74, 6) is 0.0823. The first-order chi connectivity index (χ1) is 37.0. The van der Waals surface area contributed by atoms with Crippen LogP contribution in [0, 0.1) is 13.8 Å². The van der Waals surface area contributed by atoms with E-state index in [0.29, 0.717) is 0 Å². The standard InChI is InChI=1S/C70H48N2O2S/c1-43-33-37-47(38-34-43)71(60-31-15-29-56-54-27-13-25-49(66(54)73-68(56)60)45-17-5-3-6-18-45)62-41-59-65-53-23-11-9-21-51(53)63(42-64(65)75-70(59)58-24-12-10-22-52(58)62)72(48-39-35-44(2)36-40-48)61-32-16-30-57-55-28-14-26-50(67(55)74-69(57)61)46-19-7-4-8-20-46/h3-42,64-65H,1-2H3. The molecule has 0 spiro atoms. The fraction of sp³-hybridized carbons (Fsp3) is 0.0571. The van der Waals surface area contributed by atoms with Gasteiger partial charge in [-0.15, -0.1) is 11.8 Å². The Morgan fingerprint density at radius 2 is 0.813 bits per heavy atom. The third-order valence-electron chi connectivity index (χ3n) is 15.5. The molecule has 356 valence electrons. The van der Waals surface area contributed by atoms with E-state index in [0.717, 1.165) is 100 Å². The second-order valence-electron chi connectivity index (χ2n) is 20.0. The highest BCUT2D eigenvalue weighted by Gasteiger charge is 2.42. The SMILES string of the molecule is Cc1ccc(N(C2=CC3Sc4c(cc(N(c5ccc(C)cc5)c5cccc6c5oc5c(-c7ccccc7)cccc56)c5ccccc45)C3c3ccccc32)c2cccc3c2oc2c(-c4ccccc4)cccc23)cc1. The van der Waals surface area contributed by atoms with Gasteiger partial charge in [0, 0.05) is 71.1 Å². The number of fused-ring (bicyclic) bond motifs is 13. The van der Waals surface area contributed by atoms with Crippen LogP contribution in [-0.4, -0.2) is 5.25 Å². The van der Waals surface area contributed by atoms with Crippen molar-refractivity contribution in [3.05, 3.63) is 270 Å². The minimum Gasteiger partial charge on any atom is -0.453 e. The number of aryl methyl sites for hydroxylation is 2. The zero-order chi connectivity index (χ0) is 49.7. The predicted octanol–water partition coefficient (Wildman–Crippen LogP) is 19.9. The van der Waals surface area contributed by atoms with Gasteiger partial charge in [0.05, 0.1) is 22.8 Å². The van der Waals surface area contributed by atoms with Gasteiger partial charge >= 0.3 is 0 Å². The van der Waals surface area contributed by atoms with Crippen LogP contribution in [0.3, 0.4) is 0 Å². The van der Waals surface area contributed by atoms with E-state index in [-0.39, 0.29) is 11.2 Å². The molecule has 75 heavy (non-hydrogen) atoms. The summed E-state index contributed by atoms with van der Waals surface area (Å²) in [7, 11) is 0. The van der Waals surface area contributed by atoms with E-state index < -0.39 is 0 Å². The van der Waals surface area contributed by atoms with Crippen molar-refractivity contribution in [2.24, 2.45) is 0 Å². The first kappa shape index (κ1) is 43.5. The van der Waals surface area contributed by atoms with Crippen molar-refractivity contribution in [2.45, 2.75) is 29.9 Å². The molecule has 5 heteroatoms. The van der Waals surface area contributed by atoms with Crippen molar-refractivity contribution in [3.63, 3.8) is 0 Å². The van der Waals surface area contributed by atoms with Gasteiger partial charge in [0.1, 0.15) is 11.2 Å². The summed E-state index contributed by atoms with van der Waals surface area (Å²) in [5.41, 5.74) is 20.6. The monoisotopic (exact) mass is 980 g/mol. The second-order valence-corrected chi connectivity index (χ2v) is 21.2. The number of benzene rings is 11. The molecule has 0 N–H and O–H groups in total. The lowest BCUT2D eigenvalue weighted by Crippen LogP contribution is -2.24. The quantitative estimate of drug-likeness (QED) is 0.151. The second kappa shape index (κ2) is 17.3. The van der Waals surface area contributed by atoms with E-state index in [4.69, 9.17) is 8.83 Å². The van der Waals surface area contributed by atoms with E-state index >= 15 is 0 Å². The fourth-order valence-electron chi connectivity index (χ4n) is 12.1. The van der Waals surface area contributed by atoms with Crippen molar-refractivity contribution in [2.75, 3.05) is 9.80 Å². The average Bonchev–Trinajstić information content (AvgIpc) is 4.18. The highest BCUT2D eigenvalue weighted by atomic mass is 32.2. The van der Waals surface area contributed by atoms with Gasteiger partial charge in [-0.2, -0.15) is 0 Å². The van der Waals surface area contributed by atoms with Gasteiger partial charge in [0.15, 0.2) is 11.2 Å². The lowest BCUT2D eigenvalue weighted by molar-refractivity contribution is 0.670. The molecular weight excluding hydrogens is 933 g/mol. The third kappa shape index (κ3) is 6.92. The molecule has 0 saturated heterocycles. The normalized spacial score (nSPS) is 14.8. The third-order valence-corrected chi connectivity index (χ3v) is 16.9. The zero-order valence-corrected chi connectivity index (χ0v) is 42.2. The van der Waals surface area contributed by atoms with Crippen molar-refractivity contribution >= 4 is 101 Å². The van der Waals surface area contributed by atoms with Crippen LogP contribution in [-0.2, 0) is 0 Å². The lowest BCUT2D eigenvalue weighted by Gasteiger charge is -2.35. The Kier molecular flexibility index (Phi) is 10.0. The van der Waals surface area contributed by atoms with Crippen molar-refractivity contribution in [3.8, 4) is 22.3 Å². The van der Waals surface area contributed by atoms with Gasteiger partial charge < -0.3 is 18.6 Å². The van der Waals surface area contributed by atoms with E-state index in [9.17, 15) is 0 Å². The Bertz CT molecular complexity index is 4420. The number of para-hydroxylation sites is 4. The van der Waals surface area contributed by atoms with Crippen LogP contribution in [0.25, 0.3) is 82.6 Å². The van der Waals surface area contributed by atoms with Gasteiger partial charge in [-0.1, -0.05) is 205 Å². The van der Waals surface area contributed by atoms with Gasteiger partial charge in [0.25, 0.3) is 0 Å². The lowest BCUT2D eigenvalue weighted by atomic mass is 9.79. The maximum absolute atomic E-state index is 7.17. The molecule has 1 aliphatic heterocycles. The van der Waals surface area contributed by atoms with Crippen molar-refractivity contribution in [1.29, 1.82) is 0 Å². The Labute approximate surface area is 439 Å². The summed E-state index contributed by atoms with van der Waals surface area (Å²) in [4.78, 5) is 6.22. The molecule has 0 saturated carbocycles. The van der Waals surface area contributed by atoms with Gasteiger partial charge in [0.2, 0.25) is 0 Å². The topological polar surface area (TPSA) is 32.8 Å². The van der Waals surface area contributed by atoms with E-state index in [1.807, 2.05) is 11.8 Å². The smallest absolute Gasteiger partial charge is 0.159 e. The van der Waals surface area contributed by atoms with E-state index in [1.54, 1.807) is 0 Å². The highest BCUT2D eigenvalue weighted by molar-refractivity contribution is 8.00. The number of anilines is 5. The zero-order valence-electron chi connectivity index (χ0n) is 41.4. The Balaban J connectivity index is 0.929. The summed E-state index contributed by atoms with van der Waals surface area (Å²) < 4.78 is 14.3. The van der Waals surface area contributed by atoms with Gasteiger partial charge in [-0.05, 0) is 90.0 Å². The molecule has 2 atom stereocenters. The maximum Gasteiger partial charge on any atom is 0.159 e. The van der Waals surface area contributed by atoms with E-state index in [1.165, 1.54) is 43.5 Å². The summed E-state index contributed by atoms with van der Waals surface area (Å²) in [6.45, 7) is 4.31. The van der Waals surface area contributed by atoms with Crippen LogP contribution < -0.4 is 9.80 Å². The van der Waals surface area contributed by atoms with Crippen LogP contribution in [0.2, 0.25) is 0 Å². The number of rotatable bonds is 8. The number of hydrogen-bond acceptors (Lipinski definition) is 5. The molecule has 2 aromatic heterocycles. The Hall–Kier alpha value is -9.03. The minimum atomic E-state index is 0.0823. The number of nitrogens with zero attached hydrogens (tertiary/aromatic N) is 2. The van der Waals surface area contributed by atoms with Crippen LogP contribution >= 0.6 is 11.8 Å². The Morgan fingerprint density at radius 1 is 0.360 bits per heavy atom. The van der Waals surface area contributed by atoms with Crippen LogP contribution in [0.4, 0.5) is 28.4 Å². The summed E-state index contributed by atoms with van der Waals surface area (Å²) >= 11 is 1.99. The first-order valence-electron chi connectivity index (χ1n) is 25.8. The minimum absolute atomic E-state index is 0.0823. The molecule has 3 heterocycles. The number of hydrogen-bond donors (Lipinski definition) is 0. The molecular formula is C70H48N2O2S. The molecule has 0 amide bonds. The average molecular weight is 981 g/mol. The maximum atomic E-state index is 7.17. The summed E-state index contributed by atoms with van der Waals surface area (Å²) in [6, 6.07) is 85.8. The molecule has 0 fully saturated rings. The molecule has 2 aliphatic rings. The largest absolute Gasteiger partial charge is 0.453 e. The number of thioether (sulfide) groups is 1. The highest BCUT2D eigenvalue weighted by Crippen LogP contribution is 2.59. The molecule has 15 rings (SSSR count). The molecule has 2 unspecified atom stereocenters. The van der Waals surface area contributed by atoms with Crippen molar-refractivity contribution < 1.29 is 8.83 Å². The molecule has 11 aromatic carbocycles. The molecule has 0 bridgehead atoms. The predicted molar refractivity (Wildman–Crippen MR) is 314 cm³/mol. The molecule has 1 aliphatic carbocycles. The molecule has 0 radical (unpaired) electrons. The van der Waals surface area contributed by atoms with Crippen LogP contribution in [0.5, 0.6) is 0 Å². The van der Waals surface area contributed by atoms with E-state index in [2.05, 4.69) is 266 Å². The van der Waals surface area contributed by atoms with Gasteiger partial charge in [-0.25, -0.2) is 0 Å².